The van der Waals surface area contributed by atoms with Crippen molar-refractivity contribution in [3.63, 3.8) is 0 Å². The van der Waals surface area contributed by atoms with E-state index in [0.717, 1.165) is 16.7 Å². The quantitative estimate of drug-likeness (QED) is 0.297. The van der Waals surface area contributed by atoms with Gasteiger partial charge in [0.25, 0.3) is 5.91 Å². The first kappa shape index (κ1) is 22.8. The van der Waals surface area contributed by atoms with Crippen LogP contribution in [-0.2, 0) is 4.79 Å². The lowest BCUT2D eigenvalue weighted by Crippen LogP contribution is -2.37. The van der Waals surface area contributed by atoms with E-state index in [0.29, 0.717) is 32.9 Å². The molecule has 0 aliphatic rings. The highest BCUT2D eigenvalue weighted by molar-refractivity contribution is 9.10. The minimum absolute atomic E-state index is 0.135. The standard InChI is InChI=1S/C24H20BrN3O4S/c1-13-3-6-17(9-14(13)2)31-12-22(30)28-24(33)26-16-5-8-21-19(11-16)27-23(32-21)15-4-7-20(29)18(25)10-15/h3-11,29H,12H2,1-2H3,(H2,26,28,30,33). The Morgan fingerprint density at radius 3 is 2.70 bits per heavy atom. The van der Waals surface area contributed by atoms with Gasteiger partial charge < -0.3 is 19.6 Å². The van der Waals surface area contributed by atoms with Gasteiger partial charge in [-0.25, -0.2) is 4.98 Å². The molecular weight excluding hydrogens is 506 g/mol. The Morgan fingerprint density at radius 1 is 1.12 bits per heavy atom. The maximum absolute atomic E-state index is 12.2. The van der Waals surface area contributed by atoms with Crippen LogP contribution in [0.4, 0.5) is 5.69 Å². The van der Waals surface area contributed by atoms with Crippen molar-refractivity contribution in [1.82, 2.24) is 10.3 Å². The molecule has 3 N–H and O–H groups in total. The third kappa shape index (κ3) is 5.50. The maximum atomic E-state index is 12.2. The largest absolute Gasteiger partial charge is 0.507 e. The lowest BCUT2D eigenvalue weighted by atomic mass is 10.1. The number of halogens is 1. The Kier molecular flexibility index (Phi) is 6.62. The van der Waals surface area contributed by atoms with Gasteiger partial charge in [0.1, 0.15) is 17.0 Å². The van der Waals surface area contributed by atoms with Crippen molar-refractivity contribution < 1.29 is 19.1 Å². The van der Waals surface area contributed by atoms with Gasteiger partial charge in [-0.2, -0.15) is 0 Å². The van der Waals surface area contributed by atoms with Crippen LogP contribution in [0.5, 0.6) is 11.5 Å². The molecular formula is C24H20BrN3O4S. The number of nitrogens with one attached hydrogen (secondary N) is 2. The molecule has 1 amide bonds. The number of hydrogen-bond acceptors (Lipinski definition) is 6. The van der Waals surface area contributed by atoms with Gasteiger partial charge in [-0.15, -0.1) is 0 Å². The molecule has 4 aromatic rings. The Hall–Kier alpha value is -3.43. The van der Waals surface area contributed by atoms with E-state index in [2.05, 4.69) is 31.5 Å². The summed E-state index contributed by atoms with van der Waals surface area (Å²) in [4.78, 5) is 16.7. The number of aromatic hydroxyl groups is 1. The molecule has 0 atom stereocenters. The van der Waals surface area contributed by atoms with Crippen LogP contribution in [-0.4, -0.2) is 27.7 Å². The summed E-state index contributed by atoms with van der Waals surface area (Å²) >= 11 is 8.53. The number of oxazole rings is 1. The monoisotopic (exact) mass is 525 g/mol. The van der Waals surface area contributed by atoms with E-state index in [1.807, 2.05) is 32.0 Å². The number of aryl methyl sites for hydroxylation is 2. The van der Waals surface area contributed by atoms with Crippen LogP contribution in [0.15, 0.2) is 63.5 Å². The Bertz CT molecular complexity index is 1370. The van der Waals surface area contributed by atoms with E-state index < -0.39 is 0 Å². The van der Waals surface area contributed by atoms with Gasteiger partial charge >= 0.3 is 0 Å². The van der Waals surface area contributed by atoms with Crippen molar-refractivity contribution in [3.05, 3.63) is 70.2 Å². The molecule has 33 heavy (non-hydrogen) atoms. The molecule has 7 nitrogen and oxygen atoms in total. The van der Waals surface area contributed by atoms with Crippen molar-refractivity contribution >= 4 is 56.0 Å². The van der Waals surface area contributed by atoms with Crippen LogP contribution >= 0.6 is 28.1 Å². The van der Waals surface area contributed by atoms with Crippen molar-refractivity contribution in [1.29, 1.82) is 0 Å². The SMILES string of the molecule is Cc1ccc(OCC(=O)NC(=S)Nc2ccc3oc(-c4ccc(O)c(Br)c4)nc3c2)cc1C. The number of nitrogens with zero attached hydrogens (tertiary/aromatic N) is 1. The molecule has 0 saturated carbocycles. The number of amides is 1. The topological polar surface area (TPSA) is 96.6 Å². The second-order valence-corrected chi connectivity index (χ2v) is 8.67. The van der Waals surface area contributed by atoms with Gasteiger partial charge in [-0.3, -0.25) is 10.1 Å². The van der Waals surface area contributed by atoms with Crippen LogP contribution in [0.2, 0.25) is 0 Å². The Morgan fingerprint density at radius 2 is 1.94 bits per heavy atom. The van der Waals surface area contributed by atoms with Gasteiger partial charge in [0.05, 0.1) is 4.47 Å². The lowest BCUT2D eigenvalue weighted by Gasteiger charge is -2.11. The third-order valence-corrected chi connectivity index (χ3v) is 5.78. The van der Waals surface area contributed by atoms with Crippen LogP contribution < -0.4 is 15.4 Å². The van der Waals surface area contributed by atoms with Crippen molar-refractivity contribution in [3.8, 4) is 23.0 Å². The number of fused-ring (bicyclic) bond motifs is 1. The number of benzene rings is 3. The first-order chi connectivity index (χ1) is 15.8. The number of thiocarbonyl (C=S) groups is 1. The molecule has 0 aliphatic heterocycles. The summed E-state index contributed by atoms with van der Waals surface area (Å²) in [6.45, 7) is 3.84. The average molecular weight is 526 g/mol. The average Bonchev–Trinajstić information content (AvgIpc) is 3.20. The Balaban J connectivity index is 1.37. The summed E-state index contributed by atoms with van der Waals surface area (Å²) in [5.74, 6) is 0.812. The molecule has 9 heteroatoms. The number of aromatic nitrogens is 1. The number of carbonyl (C=O) groups is 1. The second kappa shape index (κ2) is 9.60. The second-order valence-electron chi connectivity index (χ2n) is 7.40. The fourth-order valence-electron chi connectivity index (χ4n) is 3.05. The Labute approximate surface area is 203 Å². The number of ether oxygens (including phenoxy) is 1. The molecule has 0 radical (unpaired) electrons. The molecule has 3 aromatic carbocycles. The molecule has 4 rings (SSSR count). The zero-order chi connectivity index (χ0) is 23.5. The van der Waals surface area contributed by atoms with E-state index in [1.54, 1.807) is 36.4 Å². The molecule has 1 aromatic heterocycles. The molecule has 0 unspecified atom stereocenters. The smallest absolute Gasteiger partial charge is 0.264 e. The molecule has 0 fully saturated rings. The highest BCUT2D eigenvalue weighted by Gasteiger charge is 2.12. The van der Waals surface area contributed by atoms with Crippen molar-refractivity contribution in [2.24, 2.45) is 0 Å². The number of rotatable bonds is 5. The fraction of sp³-hybridized carbons (Fsp3) is 0.125. The van der Waals surface area contributed by atoms with Crippen LogP contribution in [0, 0.1) is 13.8 Å². The molecule has 1 heterocycles. The van der Waals surface area contributed by atoms with Crippen LogP contribution in [0.3, 0.4) is 0 Å². The fourth-order valence-corrected chi connectivity index (χ4v) is 3.66. The minimum Gasteiger partial charge on any atom is -0.507 e. The lowest BCUT2D eigenvalue weighted by molar-refractivity contribution is -0.121. The summed E-state index contributed by atoms with van der Waals surface area (Å²) in [5, 5.41) is 15.4. The van der Waals surface area contributed by atoms with Gasteiger partial charge in [0, 0.05) is 11.3 Å². The minimum atomic E-state index is -0.367. The van der Waals surface area contributed by atoms with Crippen LogP contribution in [0.25, 0.3) is 22.6 Å². The molecule has 0 spiro atoms. The number of hydrogen-bond donors (Lipinski definition) is 3. The van der Waals surface area contributed by atoms with E-state index in [4.69, 9.17) is 21.4 Å². The normalized spacial score (nSPS) is 10.8. The number of carbonyl (C=O) groups excluding carboxylic acids is 1. The van der Waals surface area contributed by atoms with E-state index in [1.165, 1.54) is 0 Å². The maximum Gasteiger partial charge on any atom is 0.264 e. The van der Waals surface area contributed by atoms with Crippen molar-refractivity contribution in [2.45, 2.75) is 13.8 Å². The predicted molar refractivity (Wildman–Crippen MR) is 135 cm³/mol. The first-order valence-electron chi connectivity index (χ1n) is 9.99. The number of anilines is 1. The van der Waals surface area contributed by atoms with Gasteiger partial charge in [-0.1, -0.05) is 6.07 Å². The summed E-state index contributed by atoms with van der Waals surface area (Å²) in [6.07, 6.45) is 0. The number of phenolic OH excluding ortho intramolecular Hbond substituents is 1. The predicted octanol–water partition coefficient (Wildman–Crippen LogP) is 5.47. The highest BCUT2D eigenvalue weighted by atomic mass is 79.9. The van der Waals surface area contributed by atoms with E-state index in [-0.39, 0.29) is 23.4 Å². The van der Waals surface area contributed by atoms with Crippen molar-refractivity contribution in [2.75, 3.05) is 11.9 Å². The van der Waals surface area contributed by atoms with E-state index >= 15 is 0 Å². The zero-order valence-electron chi connectivity index (χ0n) is 17.8. The third-order valence-electron chi connectivity index (χ3n) is 4.94. The van der Waals surface area contributed by atoms with E-state index in [9.17, 15) is 9.90 Å². The summed E-state index contributed by atoms with van der Waals surface area (Å²) in [7, 11) is 0. The summed E-state index contributed by atoms with van der Waals surface area (Å²) < 4.78 is 11.9. The van der Waals surface area contributed by atoms with Gasteiger partial charge in [0.2, 0.25) is 5.89 Å². The summed E-state index contributed by atoms with van der Waals surface area (Å²) in [6, 6.07) is 16.0. The van der Waals surface area contributed by atoms with Gasteiger partial charge in [0.15, 0.2) is 17.3 Å². The molecule has 168 valence electrons. The highest BCUT2D eigenvalue weighted by Crippen LogP contribution is 2.31. The van der Waals surface area contributed by atoms with Gasteiger partial charge in [-0.05, 0) is 102 Å². The zero-order valence-corrected chi connectivity index (χ0v) is 20.2. The molecule has 0 saturated heterocycles. The number of phenols is 1. The molecule has 0 aliphatic carbocycles. The summed E-state index contributed by atoms with van der Waals surface area (Å²) in [5.41, 5.74) is 4.83. The van der Waals surface area contributed by atoms with Crippen LogP contribution in [0.1, 0.15) is 11.1 Å². The molecule has 0 bridgehead atoms. The first-order valence-corrected chi connectivity index (χ1v) is 11.2.